The van der Waals surface area contributed by atoms with Crippen LogP contribution in [0, 0.1) is 6.92 Å². The second kappa shape index (κ2) is 5.16. The van der Waals surface area contributed by atoms with Crippen LogP contribution in [0.25, 0.3) is 0 Å². The summed E-state index contributed by atoms with van der Waals surface area (Å²) in [4.78, 5) is 10.7. The van der Waals surface area contributed by atoms with Crippen molar-refractivity contribution in [2.75, 3.05) is 0 Å². The van der Waals surface area contributed by atoms with Gasteiger partial charge in [0, 0.05) is 11.4 Å². The van der Waals surface area contributed by atoms with Gasteiger partial charge in [-0.1, -0.05) is 23.7 Å². The third-order valence-electron chi connectivity index (χ3n) is 2.22. The lowest BCUT2D eigenvalue weighted by Crippen LogP contribution is -1.93. The fraction of sp³-hybridized carbons (Fsp3) is 0.417. The Balaban J connectivity index is 2.51. The van der Waals surface area contributed by atoms with E-state index in [-0.39, 0.29) is 5.78 Å². The molecule has 1 rings (SSSR count). The summed E-state index contributed by atoms with van der Waals surface area (Å²) in [7, 11) is 0. The molecule has 0 atom stereocenters. The number of carbonyl (C=O) groups excluding carboxylic acids is 1. The van der Waals surface area contributed by atoms with Crippen LogP contribution in [0.1, 0.15) is 30.9 Å². The summed E-state index contributed by atoms with van der Waals surface area (Å²) in [6.07, 6.45) is 2.55. The van der Waals surface area contributed by atoms with Crippen LogP contribution in [0.5, 0.6) is 0 Å². The molecule has 0 unspecified atom stereocenters. The van der Waals surface area contributed by atoms with E-state index in [2.05, 4.69) is 6.07 Å². The van der Waals surface area contributed by atoms with Crippen molar-refractivity contribution >= 4 is 17.4 Å². The summed E-state index contributed by atoms with van der Waals surface area (Å²) < 4.78 is 0. The fourth-order valence-corrected chi connectivity index (χ4v) is 1.52. The maximum absolute atomic E-state index is 10.7. The van der Waals surface area contributed by atoms with Gasteiger partial charge in [0.05, 0.1) is 0 Å². The molecule has 2 heteroatoms. The lowest BCUT2D eigenvalue weighted by Gasteiger charge is -2.03. The van der Waals surface area contributed by atoms with E-state index in [1.54, 1.807) is 6.92 Å². The molecule has 0 fully saturated rings. The molecule has 0 aromatic heterocycles. The first-order valence-electron chi connectivity index (χ1n) is 4.84. The molecule has 1 aromatic carbocycles. The van der Waals surface area contributed by atoms with Crippen LogP contribution in [0.15, 0.2) is 18.2 Å². The highest BCUT2D eigenvalue weighted by atomic mass is 35.5. The number of hydrogen-bond acceptors (Lipinski definition) is 1. The Bertz CT molecular complexity index is 331. The Morgan fingerprint density at radius 2 is 2.14 bits per heavy atom. The van der Waals surface area contributed by atoms with Crippen LogP contribution in [0.2, 0.25) is 5.02 Å². The molecular formula is C12H15ClO. The van der Waals surface area contributed by atoms with E-state index in [0.29, 0.717) is 6.42 Å². The van der Waals surface area contributed by atoms with Gasteiger partial charge in [-0.3, -0.25) is 0 Å². The van der Waals surface area contributed by atoms with Gasteiger partial charge in [-0.15, -0.1) is 0 Å². The third-order valence-corrected chi connectivity index (χ3v) is 2.64. The topological polar surface area (TPSA) is 17.1 Å². The van der Waals surface area contributed by atoms with Gasteiger partial charge in [0.15, 0.2) is 0 Å². The Kier molecular flexibility index (Phi) is 4.15. The Morgan fingerprint density at radius 3 is 2.71 bits per heavy atom. The van der Waals surface area contributed by atoms with Gasteiger partial charge < -0.3 is 4.79 Å². The number of benzene rings is 1. The number of hydrogen-bond donors (Lipinski definition) is 0. The predicted octanol–water partition coefficient (Wildman–Crippen LogP) is 3.56. The van der Waals surface area contributed by atoms with Crippen LogP contribution in [0.4, 0.5) is 0 Å². The number of ketones is 1. The molecule has 0 heterocycles. The second-order valence-corrected chi connectivity index (χ2v) is 4.05. The van der Waals surface area contributed by atoms with Crippen LogP contribution < -0.4 is 0 Å². The Labute approximate surface area is 90.1 Å². The Hall–Kier alpha value is -0.820. The predicted molar refractivity (Wildman–Crippen MR) is 59.8 cm³/mol. The maximum atomic E-state index is 10.7. The minimum absolute atomic E-state index is 0.260. The van der Waals surface area contributed by atoms with E-state index in [4.69, 9.17) is 11.6 Å². The van der Waals surface area contributed by atoms with Crippen LogP contribution in [-0.2, 0) is 11.2 Å². The van der Waals surface area contributed by atoms with Gasteiger partial charge in [-0.05, 0) is 43.9 Å². The van der Waals surface area contributed by atoms with E-state index in [1.807, 2.05) is 19.1 Å². The van der Waals surface area contributed by atoms with Crippen molar-refractivity contribution in [3.8, 4) is 0 Å². The molecule has 1 nitrogen and oxygen atoms in total. The number of carbonyl (C=O) groups is 1. The summed E-state index contributed by atoms with van der Waals surface area (Å²) in [6.45, 7) is 3.63. The van der Waals surface area contributed by atoms with Crippen LogP contribution in [-0.4, -0.2) is 5.78 Å². The molecule has 0 saturated carbocycles. The fourth-order valence-electron chi connectivity index (χ4n) is 1.40. The monoisotopic (exact) mass is 210 g/mol. The lowest BCUT2D eigenvalue weighted by molar-refractivity contribution is -0.117. The molecule has 14 heavy (non-hydrogen) atoms. The largest absolute Gasteiger partial charge is 0.300 e. The van der Waals surface area contributed by atoms with Gasteiger partial charge >= 0.3 is 0 Å². The second-order valence-electron chi connectivity index (χ2n) is 3.64. The summed E-state index contributed by atoms with van der Waals surface area (Å²) in [5, 5.41) is 0.806. The molecule has 0 aliphatic heterocycles. The molecule has 0 aliphatic rings. The average molecular weight is 211 g/mol. The molecule has 1 aromatic rings. The zero-order valence-corrected chi connectivity index (χ0v) is 9.40. The number of rotatable bonds is 4. The minimum Gasteiger partial charge on any atom is -0.300 e. The van der Waals surface area contributed by atoms with Gasteiger partial charge in [-0.2, -0.15) is 0 Å². The number of halogens is 1. The van der Waals surface area contributed by atoms with E-state index in [1.165, 1.54) is 5.56 Å². The van der Waals surface area contributed by atoms with E-state index < -0.39 is 0 Å². The molecule has 0 saturated heterocycles. The first-order valence-corrected chi connectivity index (χ1v) is 5.22. The maximum Gasteiger partial charge on any atom is 0.129 e. The lowest BCUT2D eigenvalue weighted by atomic mass is 10.0. The molecule has 0 bridgehead atoms. The summed E-state index contributed by atoms with van der Waals surface area (Å²) in [5.41, 5.74) is 2.36. The van der Waals surface area contributed by atoms with Crippen molar-refractivity contribution in [1.82, 2.24) is 0 Å². The van der Waals surface area contributed by atoms with Crippen molar-refractivity contribution in [2.24, 2.45) is 0 Å². The quantitative estimate of drug-likeness (QED) is 0.743. The summed E-state index contributed by atoms with van der Waals surface area (Å²) in [6, 6.07) is 6.03. The van der Waals surface area contributed by atoms with Gasteiger partial charge in [0.1, 0.15) is 5.78 Å². The standard InChI is InChI=1S/C12H15ClO/c1-9-8-11(6-7-12(9)13)5-3-4-10(2)14/h6-8H,3-5H2,1-2H3. The molecule has 0 radical (unpaired) electrons. The van der Waals surface area contributed by atoms with Crippen LogP contribution in [0.3, 0.4) is 0 Å². The zero-order valence-electron chi connectivity index (χ0n) is 8.64. The van der Waals surface area contributed by atoms with Gasteiger partial charge in [0.2, 0.25) is 0 Å². The molecule has 0 aliphatic carbocycles. The smallest absolute Gasteiger partial charge is 0.129 e. The Morgan fingerprint density at radius 1 is 1.43 bits per heavy atom. The van der Waals surface area contributed by atoms with E-state index in [0.717, 1.165) is 23.4 Å². The van der Waals surface area contributed by atoms with Gasteiger partial charge in [0.25, 0.3) is 0 Å². The highest BCUT2D eigenvalue weighted by Crippen LogP contribution is 2.17. The number of Topliss-reactive ketones (excluding diaryl/α,β-unsaturated/α-hetero) is 1. The molecular weight excluding hydrogens is 196 g/mol. The molecule has 0 spiro atoms. The molecule has 76 valence electrons. The van der Waals surface area contributed by atoms with E-state index >= 15 is 0 Å². The SMILES string of the molecule is CC(=O)CCCc1ccc(Cl)c(C)c1. The van der Waals surface area contributed by atoms with Crippen molar-refractivity contribution < 1.29 is 4.79 Å². The average Bonchev–Trinajstić information content (AvgIpc) is 2.10. The zero-order chi connectivity index (χ0) is 10.6. The van der Waals surface area contributed by atoms with Crippen molar-refractivity contribution in [1.29, 1.82) is 0 Å². The third kappa shape index (κ3) is 3.51. The van der Waals surface area contributed by atoms with Crippen molar-refractivity contribution in [2.45, 2.75) is 33.1 Å². The number of aryl methyl sites for hydroxylation is 2. The molecule has 0 amide bonds. The highest BCUT2D eigenvalue weighted by molar-refractivity contribution is 6.31. The highest BCUT2D eigenvalue weighted by Gasteiger charge is 1.99. The van der Waals surface area contributed by atoms with Crippen molar-refractivity contribution in [3.05, 3.63) is 34.3 Å². The van der Waals surface area contributed by atoms with Crippen LogP contribution >= 0.6 is 11.6 Å². The first kappa shape index (κ1) is 11.3. The summed E-state index contributed by atoms with van der Waals surface area (Å²) >= 11 is 5.91. The first-order chi connectivity index (χ1) is 6.59. The normalized spacial score (nSPS) is 10.2. The molecule has 0 N–H and O–H groups in total. The van der Waals surface area contributed by atoms with Gasteiger partial charge in [-0.25, -0.2) is 0 Å². The summed E-state index contributed by atoms with van der Waals surface area (Å²) in [5.74, 6) is 0.260. The van der Waals surface area contributed by atoms with E-state index in [9.17, 15) is 4.79 Å². The van der Waals surface area contributed by atoms with Crippen molar-refractivity contribution in [3.63, 3.8) is 0 Å². The minimum atomic E-state index is 0.260.